The van der Waals surface area contributed by atoms with E-state index in [1.165, 1.54) is 6.08 Å². The maximum atomic E-state index is 11.0. The number of carbonyl (C=O) groups is 1. The molecule has 216 valence electrons. The van der Waals surface area contributed by atoms with Crippen molar-refractivity contribution in [1.29, 1.82) is 0 Å². The number of anilines is 1. The molecule has 0 saturated heterocycles. The number of hydrazone groups is 1. The van der Waals surface area contributed by atoms with E-state index >= 15 is 0 Å². The lowest BCUT2D eigenvalue weighted by Gasteiger charge is -2.12. The lowest BCUT2D eigenvalue weighted by atomic mass is 10.2. The molecule has 8 nitrogen and oxygen atoms in total. The Kier molecular flexibility index (Phi) is 11.1. The van der Waals surface area contributed by atoms with Gasteiger partial charge in [-0.3, -0.25) is 5.43 Å². The minimum atomic E-state index is -0.378. The van der Waals surface area contributed by atoms with Crippen molar-refractivity contribution in [3.63, 3.8) is 0 Å². The fourth-order valence-corrected chi connectivity index (χ4v) is 4.09. The third-order valence-corrected chi connectivity index (χ3v) is 6.32. The molecule has 3 aromatic carbocycles. The molecule has 0 radical (unpaired) electrons. The van der Waals surface area contributed by atoms with E-state index in [1.54, 1.807) is 13.3 Å². The van der Waals surface area contributed by atoms with E-state index in [0.29, 0.717) is 36.3 Å². The summed E-state index contributed by atoms with van der Waals surface area (Å²) in [5.74, 6) is 2.80. The van der Waals surface area contributed by atoms with Crippen LogP contribution < -0.4 is 19.6 Å². The molecule has 0 atom stereocenters. The van der Waals surface area contributed by atoms with Crippen LogP contribution >= 0.6 is 0 Å². The van der Waals surface area contributed by atoms with E-state index < -0.39 is 0 Å². The van der Waals surface area contributed by atoms with E-state index in [4.69, 9.17) is 18.9 Å². The Morgan fingerprint density at radius 1 is 0.929 bits per heavy atom. The Balaban J connectivity index is 1.25. The van der Waals surface area contributed by atoms with Crippen molar-refractivity contribution in [2.24, 2.45) is 5.10 Å². The minimum Gasteiger partial charge on any atom is -0.496 e. The van der Waals surface area contributed by atoms with Gasteiger partial charge in [0.15, 0.2) is 0 Å². The van der Waals surface area contributed by atoms with Crippen molar-refractivity contribution in [2.75, 3.05) is 25.7 Å². The van der Waals surface area contributed by atoms with Crippen molar-refractivity contribution in [2.45, 2.75) is 25.7 Å². The summed E-state index contributed by atoms with van der Waals surface area (Å²) in [6.45, 7) is 8.51. The molecule has 1 heterocycles. The molecule has 0 aliphatic heterocycles. The fraction of sp³-hybridized carbons (Fsp3) is 0.206. The Bertz CT molecular complexity index is 1530. The van der Waals surface area contributed by atoms with Crippen LogP contribution in [-0.4, -0.2) is 37.5 Å². The van der Waals surface area contributed by atoms with Gasteiger partial charge in [-0.25, -0.2) is 9.78 Å². The number of unbranched alkanes of at least 4 members (excludes halogenated alkanes) is 3. The Morgan fingerprint density at radius 3 is 2.48 bits per heavy atom. The number of aromatic nitrogens is 1. The van der Waals surface area contributed by atoms with Gasteiger partial charge in [-0.15, -0.1) is 0 Å². The lowest BCUT2D eigenvalue weighted by molar-refractivity contribution is -0.137. The zero-order valence-electron chi connectivity index (χ0n) is 23.8. The molecule has 1 N–H and O–H groups in total. The van der Waals surface area contributed by atoms with Gasteiger partial charge in [0.2, 0.25) is 0 Å². The predicted molar refractivity (Wildman–Crippen MR) is 167 cm³/mol. The predicted octanol–water partition coefficient (Wildman–Crippen LogP) is 7.41. The number of nitrogens with one attached hydrogen (secondary N) is 1. The average molecular weight is 566 g/mol. The van der Waals surface area contributed by atoms with Gasteiger partial charge in [0.05, 0.1) is 32.1 Å². The van der Waals surface area contributed by atoms with Crippen LogP contribution in [-0.2, 0) is 9.53 Å². The first kappa shape index (κ1) is 29.9. The summed E-state index contributed by atoms with van der Waals surface area (Å²) in [7, 11) is 1.61. The number of methoxy groups -OCH3 is 1. The normalized spacial score (nSPS) is 10.8. The van der Waals surface area contributed by atoms with Gasteiger partial charge < -0.3 is 18.9 Å². The highest BCUT2D eigenvalue weighted by Gasteiger charge is 2.08. The van der Waals surface area contributed by atoms with Gasteiger partial charge in [0.1, 0.15) is 28.8 Å². The van der Waals surface area contributed by atoms with Gasteiger partial charge in [0.25, 0.3) is 0 Å². The number of fused-ring (bicyclic) bond motifs is 1. The molecule has 0 aliphatic rings. The summed E-state index contributed by atoms with van der Waals surface area (Å²) in [5, 5.41) is 5.41. The molecule has 0 saturated carbocycles. The first-order valence-corrected chi connectivity index (χ1v) is 13.8. The topological polar surface area (TPSA) is 91.3 Å². The van der Waals surface area contributed by atoms with Gasteiger partial charge in [-0.1, -0.05) is 31.4 Å². The Morgan fingerprint density at radius 2 is 1.69 bits per heavy atom. The monoisotopic (exact) mass is 565 g/mol. The summed E-state index contributed by atoms with van der Waals surface area (Å²) in [5.41, 5.74) is 5.44. The van der Waals surface area contributed by atoms with Crippen LogP contribution in [0.15, 0.2) is 103 Å². The Hall–Kier alpha value is -5.11. The van der Waals surface area contributed by atoms with E-state index in [1.807, 2.05) is 78.9 Å². The molecule has 4 aromatic rings. The van der Waals surface area contributed by atoms with Crippen molar-refractivity contribution in [3.05, 3.63) is 109 Å². The smallest absolute Gasteiger partial charge is 0.330 e. The van der Waals surface area contributed by atoms with Crippen LogP contribution in [0.3, 0.4) is 0 Å². The van der Waals surface area contributed by atoms with Crippen LogP contribution in [0.4, 0.5) is 5.82 Å². The maximum Gasteiger partial charge on any atom is 0.330 e. The summed E-state index contributed by atoms with van der Waals surface area (Å²) in [6.07, 6.45) is 6.56. The van der Waals surface area contributed by atoms with Crippen LogP contribution in [0, 0.1) is 0 Å². The van der Waals surface area contributed by atoms with Crippen LogP contribution in [0.25, 0.3) is 16.7 Å². The number of carbonyl (C=O) groups excluding carboxylic acids is 1. The third-order valence-electron chi connectivity index (χ3n) is 6.32. The van der Waals surface area contributed by atoms with E-state index in [2.05, 4.69) is 28.7 Å². The fourth-order valence-electron chi connectivity index (χ4n) is 4.09. The highest BCUT2D eigenvalue weighted by atomic mass is 16.5. The maximum absolute atomic E-state index is 11.0. The number of esters is 1. The van der Waals surface area contributed by atoms with Gasteiger partial charge in [-0.2, -0.15) is 5.10 Å². The summed E-state index contributed by atoms with van der Waals surface area (Å²) in [6, 6.07) is 24.9. The van der Waals surface area contributed by atoms with Crippen molar-refractivity contribution in [3.8, 4) is 17.2 Å². The van der Waals surface area contributed by atoms with Gasteiger partial charge in [0, 0.05) is 22.6 Å². The summed E-state index contributed by atoms with van der Waals surface area (Å²) < 4.78 is 22.3. The highest BCUT2D eigenvalue weighted by Crippen LogP contribution is 2.27. The summed E-state index contributed by atoms with van der Waals surface area (Å²) >= 11 is 0. The first-order chi connectivity index (χ1) is 20.6. The third kappa shape index (κ3) is 8.96. The van der Waals surface area contributed by atoms with Crippen molar-refractivity contribution >= 4 is 34.7 Å². The van der Waals surface area contributed by atoms with E-state index in [9.17, 15) is 4.79 Å². The number of para-hydroxylation sites is 1. The molecule has 42 heavy (non-hydrogen) atoms. The second-order valence-corrected chi connectivity index (χ2v) is 9.35. The molecule has 0 unspecified atom stereocenters. The second kappa shape index (κ2) is 15.6. The molecule has 0 bridgehead atoms. The van der Waals surface area contributed by atoms with Gasteiger partial charge >= 0.3 is 5.97 Å². The number of hydrogen-bond acceptors (Lipinski definition) is 8. The lowest BCUT2D eigenvalue weighted by Crippen LogP contribution is -2.02. The molecule has 0 aliphatic carbocycles. The number of nitrogens with zero attached hydrogens (tertiary/aromatic N) is 2. The Labute approximate surface area is 246 Å². The molecule has 1 aromatic heterocycles. The molecular formula is C34H35N3O5. The second-order valence-electron chi connectivity index (χ2n) is 9.35. The molecule has 0 fully saturated rings. The molecule has 8 heteroatoms. The first-order valence-electron chi connectivity index (χ1n) is 13.8. The minimum absolute atomic E-state index is 0.378. The quantitative estimate of drug-likeness (QED) is 0.0378. The highest BCUT2D eigenvalue weighted by molar-refractivity contribution is 5.85. The number of pyridine rings is 1. The van der Waals surface area contributed by atoms with Crippen LogP contribution in [0.1, 0.15) is 36.8 Å². The number of benzene rings is 3. The zero-order chi connectivity index (χ0) is 29.6. The molecular weight excluding hydrogens is 530 g/mol. The average Bonchev–Trinajstić information content (AvgIpc) is 3.02. The molecule has 0 amide bonds. The number of ether oxygens (including phenoxy) is 4. The SMILES string of the molecule is C=CC(=O)OCCCCCCOc1ccc(C(=C)Oc2ccc(OC)c(/C=N/Nc3ccc4ccccc4n3)c2)cc1. The molecule has 4 rings (SSSR count). The van der Waals surface area contributed by atoms with Gasteiger partial charge in [-0.05, 0) is 86.3 Å². The van der Waals surface area contributed by atoms with Crippen LogP contribution in [0.5, 0.6) is 17.2 Å². The number of hydrogen-bond donors (Lipinski definition) is 1. The van der Waals surface area contributed by atoms with Crippen LogP contribution in [0.2, 0.25) is 0 Å². The zero-order valence-corrected chi connectivity index (χ0v) is 23.8. The molecule has 0 spiro atoms. The summed E-state index contributed by atoms with van der Waals surface area (Å²) in [4.78, 5) is 15.6. The largest absolute Gasteiger partial charge is 0.496 e. The van der Waals surface area contributed by atoms with Crippen molar-refractivity contribution < 1.29 is 23.7 Å². The van der Waals surface area contributed by atoms with E-state index in [-0.39, 0.29) is 5.97 Å². The standard InChI is InChI=1S/C34H35N3O5/c1-4-34(38)41-22-10-6-5-9-21-40-29-16-13-26(14-17-29)25(2)42-30-18-19-32(39-3)28(23-30)24-35-37-33-20-15-27-11-7-8-12-31(27)36-33/h4,7-8,11-20,23-24H,1-2,5-6,9-10,21-22H2,3H3,(H,36,37)/b35-24+. The van der Waals surface area contributed by atoms with E-state index in [0.717, 1.165) is 53.5 Å². The number of rotatable bonds is 16. The van der Waals surface area contributed by atoms with Crippen molar-refractivity contribution in [1.82, 2.24) is 4.98 Å².